The van der Waals surface area contributed by atoms with E-state index in [-0.39, 0.29) is 0 Å². The summed E-state index contributed by atoms with van der Waals surface area (Å²) in [7, 11) is 1.94. The van der Waals surface area contributed by atoms with Crippen molar-refractivity contribution in [3.8, 4) is 0 Å². The zero-order valence-electron chi connectivity index (χ0n) is 8.30. The van der Waals surface area contributed by atoms with Gasteiger partial charge in [-0.1, -0.05) is 13.0 Å². The van der Waals surface area contributed by atoms with Crippen molar-refractivity contribution >= 4 is 5.82 Å². The van der Waals surface area contributed by atoms with Gasteiger partial charge in [-0.2, -0.15) is 0 Å². The Morgan fingerprint density at radius 1 is 1.46 bits per heavy atom. The molecule has 0 aliphatic rings. The molecule has 0 aliphatic heterocycles. The van der Waals surface area contributed by atoms with Crippen LogP contribution < -0.4 is 10.6 Å². The second kappa shape index (κ2) is 5.54. The molecule has 2 N–H and O–H groups in total. The van der Waals surface area contributed by atoms with E-state index in [1.54, 1.807) is 0 Å². The van der Waals surface area contributed by atoms with Crippen molar-refractivity contribution in [2.75, 3.05) is 18.9 Å². The van der Waals surface area contributed by atoms with Crippen molar-refractivity contribution in [3.63, 3.8) is 0 Å². The summed E-state index contributed by atoms with van der Waals surface area (Å²) in [6.07, 6.45) is 2.94. The summed E-state index contributed by atoms with van der Waals surface area (Å²) in [4.78, 5) is 4.28. The second-order valence-electron chi connectivity index (χ2n) is 2.97. The highest BCUT2D eigenvalue weighted by molar-refractivity contribution is 5.43. The Labute approximate surface area is 79.6 Å². The molecule has 0 atom stereocenters. The molecule has 0 fully saturated rings. The topological polar surface area (TPSA) is 37.0 Å². The predicted molar refractivity (Wildman–Crippen MR) is 55.8 cm³/mol. The lowest BCUT2D eigenvalue weighted by molar-refractivity contribution is 0.812. The number of hydrogen-bond acceptors (Lipinski definition) is 3. The van der Waals surface area contributed by atoms with Gasteiger partial charge in [0.25, 0.3) is 0 Å². The normalized spacial score (nSPS) is 10.0. The summed E-state index contributed by atoms with van der Waals surface area (Å²) in [6.45, 7) is 3.99. The molecule has 0 bridgehead atoms. The van der Waals surface area contributed by atoms with Crippen molar-refractivity contribution in [2.24, 2.45) is 0 Å². The van der Waals surface area contributed by atoms with E-state index in [0.29, 0.717) is 0 Å². The molecule has 13 heavy (non-hydrogen) atoms. The highest BCUT2D eigenvalue weighted by atomic mass is 15.0. The smallest absolute Gasteiger partial charge is 0.130 e. The third-order valence-electron chi connectivity index (χ3n) is 1.80. The molecule has 3 nitrogen and oxygen atoms in total. The van der Waals surface area contributed by atoms with Gasteiger partial charge in [-0.3, -0.25) is 0 Å². The van der Waals surface area contributed by atoms with Crippen LogP contribution in [0, 0.1) is 0 Å². The zero-order valence-corrected chi connectivity index (χ0v) is 8.30. The minimum atomic E-state index is 0.861. The first kappa shape index (κ1) is 9.99. The van der Waals surface area contributed by atoms with Gasteiger partial charge in [0.05, 0.1) is 0 Å². The van der Waals surface area contributed by atoms with Gasteiger partial charge < -0.3 is 10.6 Å². The van der Waals surface area contributed by atoms with E-state index < -0.39 is 0 Å². The van der Waals surface area contributed by atoms with E-state index in [2.05, 4.69) is 28.6 Å². The van der Waals surface area contributed by atoms with Crippen LogP contribution in [0.3, 0.4) is 0 Å². The fraction of sp³-hybridized carbons (Fsp3) is 0.500. The average molecular weight is 179 g/mol. The summed E-state index contributed by atoms with van der Waals surface area (Å²) < 4.78 is 0. The predicted octanol–water partition coefficient (Wildman–Crippen LogP) is 1.62. The van der Waals surface area contributed by atoms with Gasteiger partial charge in [0.2, 0.25) is 0 Å². The molecular weight excluding hydrogens is 162 g/mol. The molecule has 1 aromatic rings. The van der Waals surface area contributed by atoms with Gasteiger partial charge in [-0.15, -0.1) is 0 Å². The Morgan fingerprint density at radius 2 is 2.31 bits per heavy atom. The third-order valence-corrected chi connectivity index (χ3v) is 1.80. The second-order valence-corrected chi connectivity index (χ2v) is 2.97. The molecule has 0 saturated carbocycles. The average Bonchev–Trinajstić information content (AvgIpc) is 2.17. The lowest BCUT2D eigenvalue weighted by Crippen LogP contribution is -2.10. The molecule has 72 valence electrons. The summed E-state index contributed by atoms with van der Waals surface area (Å²) >= 11 is 0. The van der Waals surface area contributed by atoms with Crippen LogP contribution in [0.1, 0.15) is 18.9 Å². The van der Waals surface area contributed by atoms with Crippen LogP contribution in [0.15, 0.2) is 18.3 Å². The maximum atomic E-state index is 4.28. The van der Waals surface area contributed by atoms with Gasteiger partial charge in [0.1, 0.15) is 5.82 Å². The fourth-order valence-electron chi connectivity index (χ4n) is 1.17. The number of nitrogens with zero attached hydrogens (tertiary/aromatic N) is 1. The number of anilines is 1. The minimum absolute atomic E-state index is 0.861. The molecule has 0 aromatic carbocycles. The molecule has 0 amide bonds. The lowest BCUT2D eigenvalue weighted by atomic mass is 10.2. The van der Waals surface area contributed by atoms with E-state index in [9.17, 15) is 0 Å². The molecule has 3 heteroatoms. The summed E-state index contributed by atoms with van der Waals surface area (Å²) in [5, 5.41) is 6.42. The monoisotopic (exact) mass is 179 g/mol. The number of pyridine rings is 1. The molecular formula is C10H17N3. The maximum Gasteiger partial charge on any atom is 0.130 e. The van der Waals surface area contributed by atoms with E-state index in [1.807, 2.05) is 19.3 Å². The van der Waals surface area contributed by atoms with Crippen LogP contribution in [0.5, 0.6) is 0 Å². The van der Waals surface area contributed by atoms with Crippen LogP contribution in [0.25, 0.3) is 0 Å². The Bertz CT molecular complexity index is 248. The maximum absolute atomic E-state index is 4.28. The molecule has 1 aromatic heterocycles. The molecule has 0 aliphatic carbocycles. The Hall–Kier alpha value is -1.09. The van der Waals surface area contributed by atoms with E-state index in [1.165, 1.54) is 5.56 Å². The standard InChI is InChI=1S/C10H17N3/c1-3-6-12-10-9(8-11-2)5-4-7-13-10/h4-5,7,11H,3,6,8H2,1-2H3,(H,12,13). The van der Waals surface area contributed by atoms with E-state index in [0.717, 1.165) is 25.3 Å². The number of aromatic nitrogens is 1. The van der Waals surface area contributed by atoms with Gasteiger partial charge in [-0.05, 0) is 19.5 Å². The third kappa shape index (κ3) is 3.03. The van der Waals surface area contributed by atoms with E-state index in [4.69, 9.17) is 0 Å². The highest BCUT2D eigenvalue weighted by Gasteiger charge is 1.99. The number of rotatable bonds is 5. The molecule has 0 radical (unpaired) electrons. The summed E-state index contributed by atoms with van der Waals surface area (Å²) in [5.41, 5.74) is 1.22. The van der Waals surface area contributed by atoms with Gasteiger partial charge >= 0.3 is 0 Å². The van der Waals surface area contributed by atoms with Crippen molar-refractivity contribution in [2.45, 2.75) is 19.9 Å². The van der Waals surface area contributed by atoms with Crippen molar-refractivity contribution in [1.82, 2.24) is 10.3 Å². The van der Waals surface area contributed by atoms with Crippen LogP contribution in [0.2, 0.25) is 0 Å². The number of nitrogens with one attached hydrogen (secondary N) is 2. The lowest BCUT2D eigenvalue weighted by Gasteiger charge is -2.08. The molecule has 1 rings (SSSR count). The minimum Gasteiger partial charge on any atom is -0.370 e. The van der Waals surface area contributed by atoms with Crippen LogP contribution in [0.4, 0.5) is 5.82 Å². The van der Waals surface area contributed by atoms with Gasteiger partial charge in [-0.25, -0.2) is 4.98 Å². The van der Waals surface area contributed by atoms with Crippen molar-refractivity contribution < 1.29 is 0 Å². The quantitative estimate of drug-likeness (QED) is 0.721. The Morgan fingerprint density at radius 3 is 3.00 bits per heavy atom. The largest absolute Gasteiger partial charge is 0.370 e. The van der Waals surface area contributed by atoms with Crippen LogP contribution in [-0.2, 0) is 6.54 Å². The summed E-state index contributed by atoms with van der Waals surface area (Å²) in [5.74, 6) is 0.999. The molecule has 0 spiro atoms. The molecule has 0 unspecified atom stereocenters. The first-order valence-electron chi connectivity index (χ1n) is 4.70. The first-order valence-corrected chi connectivity index (χ1v) is 4.70. The van der Waals surface area contributed by atoms with Gasteiger partial charge in [0, 0.05) is 24.8 Å². The SMILES string of the molecule is CCCNc1ncccc1CNC. The fourth-order valence-corrected chi connectivity index (χ4v) is 1.17. The Kier molecular flexibility index (Phi) is 4.26. The van der Waals surface area contributed by atoms with Crippen molar-refractivity contribution in [3.05, 3.63) is 23.9 Å². The zero-order chi connectivity index (χ0) is 9.52. The van der Waals surface area contributed by atoms with Crippen LogP contribution in [-0.4, -0.2) is 18.6 Å². The highest BCUT2D eigenvalue weighted by Crippen LogP contribution is 2.10. The van der Waals surface area contributed by atoms with Crippen LogP contribution >= 0.6 is 0 Å². The van der Waals surface area contributed by atoms with E-state index >= 15 is 0 Å². The first-order chi connectivity index (χ1) is 6.38. The Balaban J connectivity index is 2.66. The van der Waals surface area contributed by atoms with Gasteiger partial charge in [0.15, 0.2) is 0 Å². The van der Waals surface area contributed by atoms with Crippen molar-refractivity contribution in [1.29, 1.82) is 0 Å². The molecule has 0 saturated heterocycles. The molecule has 1 heterocycles. The summed E-state index contributed by atoms with van der Waals surface area (Å²) in [6, 6.07) is 4.05. The number of hydrogen-bond donors (Lipinski definition) is 2.